The molecule has 0 aliphatic heterocycles. The van der Waals surface area contributed by atoms with Crippen molar-refractivity contribution in [3.8, 4) is 11.1 Å². The summed E-state index contributed by atoms with van der Waals surface area (Å²) in [5, 5.41) is 0. The zero-order valence-electron chi connectivity index (χ0n) is 10.9. The van der Waals surface area contributed by atoms with Gasteiger partial charge in [0.1, 0.15) is 0 Å². The second-order valence-electron chi connectivity index (χ2n) is 4.52. The van der Waals surface area contributed by atoms with E-state index in [-0.39, 0.29) is 5.78 Å². The standard InChI is InChI=1S/C19H13O/c20-19(16-11-5-2-6-12-16)18-14-8-7-13-17(18)15-9-3-1-4-10-15/h1-13H. The Kier molecular flexibility index (Phi) is 3.42. The topological polar surface area (TPSA) is 17.1 Å². The van der Waals surface area contributed by atoms with Crippen LogP contribution in [0, 0.1) is 6.07 Å². The van der Waals surface area contributed by atoms with Gasteiger partial charge in [0.05, 0.1) is 0 Å². The van der Waals surface area contributed by atoms with Gasteiger partial charge in [0.2, 0.25) is 0 Å². The summed E-state index contributed by atoms with van der Waals surface area (Å²) in [6.45, 7) is 0. The molecule has 3 aromatic rings. The van der Waals surface area contributed by atoms with Gasteiger partial charge in [0.15, 0.2) is 5.78 Å². The Morgan fingerprint density at radius 1 is 0.750 bits per heavy atom. The summed E-state index contributed by atoms with van der Waals surface area (Å²) in [7, 11) is 0. The molecule has 0 atom stereocenters. The van der Waals surface area contributed by atoms with Crippen molar-refractivity contribution >= 4 is 5.78 Å². The normalized spacial score (nSPS) is 10.2. The molecule has 0 saturated carbocycles. The number of carbonyl (C=O) groups excluding carboxylic acids is 1. The number of carbonyl (C=O) groups is 1. The van der Waals surface area contributed by atoms with Gasteiger partial charge in [0, 0.05) is 11.1 Å². The van der Waals surface area contributed by atoms with Crippen molar-refractivity contribution in [2.45, 2.75) is 0 Å². The molecule has 0 heterocycles. The first-order valence-electron chi connectivity index (χ1n) is 6.52. The third-order valence-electron chi connectivity index (χ3n) is 3.20. The molecule has 0 bridgehead atoms. The molecular weight excluding hydrogens is 244 g/mol. The second kappa shape index (κ2) is 5.54. The number of hydrogen-bond acceptors (Lipinski definition) is 1. The van der Waals surface area contributed by atoms with Crippen LogP contribution in [0.1, 0.15) is 15.9 Å². The minimum atomic E-state index is 0.00468. The Hall–Kier alpha value is -2.67. The van der Waals surface area contributed by atoms with Crippen LogP contribution >= 0.6 is 0 Å². The number of rotatable bonds is 3. The van der Waals surface area contributed by atoms with Crippen LogP contribution in [0.2, 0.25) is 0 Å². The quantitative estimate of drug-likeness (QED) is 0.636. The summed E-state index contributed by atoms with van der Waals surface area (Å²) in [5.74, 6) is 0.00468. The smallest absolute Gasteiger partial charge is 0.194 e. The third-order valence-corrected chi connectivity index (χ3v) is 3.20. The first-order valence-corrected chi connectivity index (χ1v) is 6.52. The van der Waals surface area contributed by atoms with E-state index in [0.29, 0.717) is 11.1 Å². The predicted molar refractivity (Wildman–Crippen MR) is 80.6 cm³/mol. The number of hydrogen-bond donors (Lipinski definition) is 0. The van der Waals surface area contributed by atoms with E-state index in [1.165, 1.54) is 0 Å². The Morgan fingerprint density at radius 3 is 2.10 bits per heavy atom. The molecule has 1 heteroatoms. The molecule has 3 rings (SSSR count). The van der Waals surface area contributed by atoms with Gasteiger partial charge in [-0.1, -0.05) is 78.9 Å². The molecule has 3 aromatic carbocycles. The second-order valence-corrected chi connectivity index (χ2v) is 4.52. The van der Waals surface area contributed by atoms with Crippen molar-refractivity contribution in [2.24, 2.45) is 0 Å². The first-order chi connectivity index (χ1) is 9.86. The van der Waals surface area contributed by atoms with E-state index >= 15 is 0 Å². The maximum atomic E-state index is 12.6. The summed E-state index contributed by atoms with van der Waals surface area (Å²) < 4.78 is 0. The lowest BCUT2D eigenvalue weighted by Gasteiger charge is -2.08. The SMILES string of the molecule is O=C(c1ccccc1)c1[c]cccc1-c1ccccc1. The van der Waals surface area contributed by atoms with Gasteiger partial charge < -0.3 is 0 Å². The van der Waals surface area contributed by atoms with Crippen LogP contribution in [0.3, 0.4) is 0 Å². The molecule has 1 nitrogen and oxygen atoms in total. The summed E-state index contributed by atoms with van der Waals surface area (Å²) in [6, 6.07) is 28.0. The number of benzene rings is 3. The van der Waals surface area contributed by atoms with Gasteiger partial charge in [-0.2, -0.15) is 0 Å². The zero-order chi connectivity index (χ0) is 13.8. The largest absolute Gasteiger partial charge is 0.289 e. The van der Waals surface area contributed by atoms with E-state index in [4.69, 9.17) is 0 Å². The predicted octanol–water partition coefficient (Wildman–Crippen LogP) is 4.38. The fourth-order valence-electron chi connectivity index (χ4n) is 2.22. The van der Waals surface area contributed by atoms with E-state index in [1.807, 2.05) is 72.8 Å². The molecule has 95 valence electrons. The summed E-state index contributed by atoms with van der Waals surface area (Å²) in [6.07, 6.45) is 0. The Morgan fingerprint density at radius 2 is 1.40 bits per heavy atom. The van der Waals surface area contributed by atoms with Crippen molar-refractivity contribution < 1.29 is 4.79 Å². The van der Waals surface area contributed by atoms with Crippen LogP contribution in [0.4, 0.5) is 0 Å². The molecule has 0 saturated heterocycles. The molecule has 0 aromatic heterocycles. The van der Waals surface area contributed by atoms with Gasteiger partial charge in [-0.3, -0.25) is 4.79 Å². The molecule has 0 unspecified atom stereocenters. The van der Waals surface area contributed by atoms with Gasteiger partial charge in [-0.15, -0.1) is 0 Å². The third kappa shape index (κ3) is 2.39. The summed E-state index contributed by atoms with van der Waals surface area (Å²) in [5.41, 5.74) is 3.25. The van der Waals surface area contributed by atoms with Crippen molar-refractivity contribution in [2.75, 3.05) is 0 Å². The molecule has 0 amide bonds. The van der Waals surface area contributed by atoms with E-state index in [0.717, 1.165) is 11.1 Å². The number of ketones is 1. The molecule has 0 aliphatic rings. The highest BCUT2D eigenvalue weighted by molar-refractivity contribution is 6.12. The van der Waals surface area contributed by atoms with Crippen molar-refractivity contribution in [1.82, 2.24) is 0 Å². The van der Waals surface area contributed by atoms with E-state index in [9.17, 15) is 4.79 Å². The van der Waals surface area contributed by atoms with Crippen molar-refractivity contribution in [3.63, 3.8) is 0 Å². The van der Waals surface area contributed by atoms with Gasteiger partial charge >= 0.3 is 0 Å². The monoisotopic (exact) mass is 257 g/mol. The van der Waals surface area contributed by atoms with E-state index in [1.54, 1.807) is 6.07 Å². The maximum absolute atomic E-state index is 12.6. The Labute approximate surface area is 118 Å². The highest BCUT2D eigenvalue weighted by Gasteiger charge is 2.13. The van der Waals surface area contributed by atoms with Crippen LogP contribution in [-0.2, 0) is 0 Å². The fourth-order valence-corrected chi connectivity index (χ4v) is 2.22. The van der Waals surface area contributed by atoms with Crippen LogP contribution in [0.15, 0.2) is 78.9 Å². The molecule has 1 radical (unpaired) electrons. The molecule has 0 aliphatic carbocycles. The highest BCUT2D eigenvalue weighted by atomic mass is 16.1. The van der Waals surface area contributed by atoms with Crippen LogP contribution in [-0.4, -0.2) is 5.78 Å². The molecule has 20 heavy (non-hydrogen) atoms. The maximum Gasteiger partial charge on any atom is 0.194 e. The lowest BCUT2D eigenvalue weighted by atomic mass is 9.94. The van der Waals surface area contributed by atoms with Crippen LogP contribution in [0.5, 0.6) is 0 Å². The van der Waals surface area contributed by atoms with E-state index in [2.05, 4.69) is 6.07 Å². The minimum Gasteiger partial charge on any atom is -0.289 e. The lowest BCUT2D eigenvalue weighted by Crippen LogP contribution is -2.03. The van der Waals surface area contributed by atoms with E-state index < -0.39 is 0 Å². The summed E-state index contributed by atoms with van der Waals surface area (Å²) >= 11 is 0. The molecule has 0 fully saturated rings. The molecular formula is C19H13O. The lowest BCUT2D eigenvalue weighted by molar-refractivity contribution is 0.103. The minimum absolute atomic E-state index is 0.00468. The average Bonchev–Trinajstić information content (AvgIpc) is 2.56. The summed E-state index contributed by atoms with van der Waals surface area (Å²) in [4.78, 5) is 12.6. The van der Waals surface area contributed by atoms with Crippen molar-refractivity contribution in [3.05, 3.63) is 96.1 Å². The van der Waals surface area contributed by atoms with Gasteiger partial charge in [0.25, 0.3) is 0 Å². The molecule has 0 N–H and O–H groups in total. The average molecular weight is 257 g/mol. The van der Waals surface area contributed by atoms with Crippen LogP contribution in [0.25, 0.3) is 11.1 Å². The van der Waals surface area contributed by atoms with Crippen molar-refractivity contribution in [1.29, 1.82) is 0 Å². The van der Waals surface area contributed by atoms with Gasteiger partial charge in [-0.05, 0) is 17.2 Å². The highest BCUT2D eigenvalue weighted by Crippen LogP contribution is 2.25. The first kappa shape index (κ1) is 12.4. The Bertz CT molecular complexity index is 715. The molecule has 0 spiro atoms. The zero-order valence-corrected chi connectivity index (χ0v) is 10.9. The van der Waals surface area contributed by atoms with Crippen LogP contribution < -0.4 is 0 Å². The fraction of sp³-hybridized carbons (Fsp3) is 0. The Balaban J connectivity index is 2.10. The van der Waals surface area contributed by atoms with Gasteiger partial charge in [-0.25, -0.2) is 0 Å².